The summed E-state index contributed by atoms with van der Waals surface area (Å²) in [7, 11) is 1.74. The molecule has 0 heterocycles. The molecule has 2 unspecified atom stereocenters. The zero-order valence-corrected chi connectivity index (χ0v) is 11.9. The maximum atomic E-state index is 11.9. The molecule has 2 atom stereocenters. The molecule has 1 fully saturated rings. The molecule has 0 bridgehead atoms. The number of hydrogen-bond donors (Lipinski definition) is 0. The van der Waals surface area contributed by atoms with Gasteiger partial charge in [-0.1, -0.05) is 27.2 Å². The molecule has 0 spiro atoms. The summed E-state index contributed by atoms with van der Waals surface area (Å²) in [6, 6.07) is 0. The normalized spacial score (nSPS) is 26.2. The van der Waals surface area contributed by atoms with Crippen LogP contribution in [0.25, 0.3) is 0 Å². The van der Waals surface area contributed by atoms with E-state index in [2.05, 4.69) is 20.8 Å². The standard InChI is InChI=1S/C15H28O2/c1-15(2,3)13-8-9-14(16)12(11-13)7-5-6-10-17-4/h12-13H,5-11H2,1-4H3. The molecule has 0 radical (unpaired) electrons. The van der Waals surface area contributed by atoms with Gasteiger partial charge in [0.05, 0.1) is 0 Å². The number of carbonyl (C=O) groups is 1. The van der Waals surface area contributed by atoms with Crippen LogP contribution in [-0.2, 0) is 9.53 Å². The number of Topliss-reactive ketones (excluding diaryl/α,β-unsaturated/α-hetero) is 1. The SMILES string of the molecule is COCCCCC1CC(C(C)(C)C)CCC1=O. The van der Waals surface area contributed by atoms with E-state index in [9.17, 15) is 4.79 Å². The quantitative estimate of drug-likeness (QED) is 0.683. The Bertz CT molecular complexity index is 240. The Hall–Kier alpha value is -0.370. The number of unbranched alkanes of at least 4 members (excludes halogenated alkanes) is 1. The summed E-state index contributed by atoms with van der Waals surface area (Å²) in [4.78, 5) is 11.9. The molecule has 17 heavy (non-hydrogen) atoms. The van der Waals surface area contributed by atoms with Crippen LogP contribution in [0.15, 0.2) is 0 Å². The Morgan fingerprint density at radius 3 is 2.59 bits per heavy atom. The Kier molecular flexibility index (Phi) is 5.64. The first kappa shape index (κ1) is 14.7. The molecule has 0 aromatic carbocycles. The number of hydrogen-bond acceptors (Lipinski definition) is 2. The van der Waals surface area contributed by atoms with Crippen molar-refractivity contribution in [2.24, 2.45) is 17.3 Å². The lowest BCUT2D eigenvalue weighted by atomic mass is 9.68. The van der Waals surface area contributed by atoms with Crippen LogP contribution in [0, 0.1) is 17.3 Å². The highest BCUT2D eigenvalue weighted by Crippen LogP contribution is 2.40. The van der Waals surface area contributed by atoms with E-state index in [0.29, 0.717) is 23.0 Å². The van der Waals surface area contributed by atoms with Gasteiger partial charge in [0.25, 0.3) is 0 Å². The molecular weight excluding hydrogens is 212 g/mol. The average molecular weight is 240 g/mol. The second-order valence-electron chi connectivity index (χ2n) is 6.49. The van der Waals surface area contributed by atoms with E-state index in [1.807, 2.05) is 0 Å². The lowest BCUT2D eigenvalue weighted by Crippen LogP contribution is -2.32. The summed E-state index contributed by atoms with van der Waals surface area (Å²) in [5, 5.41) is 0. The van der Waals surface area contributed by atoms with Crippen molar-refractivity contribution in [3.8, 4) is 0 Å². The van der Waals surface area contributed by atoms with Gasteiger partial charge in [-0.15, -0.1) is 0 Å². The molecule has 1 aliphatic rings. The zero-order valence-electron chi connectivity index (χ0n) is 11.9. The van der Waals surface area contributed by atoms with E-state index >= 15 is 0 Å². The Morgan fingerprint density at radius 1 is 1.29 bits per heavy atom. The van der Waals surface area contributed by atoms with Gasteiger partial charge in [0.2, 0.25) is 0 Å². The molecule has 1 saturated carbocycles. The second-order valence-corrected chi connectivity index (χ2v) is 6.49. The molecular formula is C15H28O2. The summed E-state index contributed by atoms with van der Waals surface area (Å²) in [6.07, 6.45) is 6.28. The third-order valence-electron chi connectivity index (χ3n) is 4.14. The van der Waals surface area contributed by atoms with E-state index < -0.39 is 0 Å². The first-order valence-corrected chi connectivity index (χ1v) is 6.96. The summed E-state index contributed by atoms with van der Waals surface area (Å²) >= 11 is 0. The first-order valence-electron chi connectivity index (χ1n) is 6.96. The van der Waals surface area contributed by atoms with Crippen LogP contribution >= 0.6 is 0 Å². The molecule has 0 aromatic rings. The van der Waals surface area contributed by atoms with Gasteiger partial charge in [0.15, 0.2) is 0 Å². The van der Waals surface area contributed by atoms with E-state index in [-0.39, 0.29) is 0 Å². The van der Waals surface area contributed by atoms with Crippen LogP contribution in [-0.4, -0.2) is 19.5 Å². The minimum absolute atomic E-state index is 0.324. The van der Waals surface area contributed by atoms with Crippen molar-refractivity contribution < 1.29 is 9.53 Å². The molecule has 2 nitrogen and oxygen atoms in total. The predicted molar refractivity (Wildman–Crippen MR) is 71.0 cm³/mol. The summed E-state index contributed by atoms with van der Waals surface area (Å²) in [5.74, 6) is 1.54. The highest BCUT2D eigenvalue weighted by molar-refractivity contribution is 5.81. The monoisotopic (exact) mass is 240 g/mol. The molecule has 2 heteroatoms. The second kappa shape index (κ2) is 6.53. The number of ether oxygens (including phenoxy) is 1. The minimum atomic E-state index is 0.324. The van der Waals surface area contributed by atoms with Gasteiger partial charge in [-0.25, -0.2) is 0 Å². The third kappa shape index (κ3) is 4.79. The maximum Gasteiger partial charge on any atom is 0.135 e. The molecule has 0 saturated heterocycles. The van der Waals surface area contributed by atoms with Gasteiger partial charge in [-0.3, -0.25) is 4.79 Å². The third-order valence-corrected chi connectivity index (χ3v) is 4.14. The van der Waals surface area contributed by atoms with Crippen molar-refractivity contribution in [2.75, 3.05) is 13.7 Å². The van der Waals surface area contributed by atoms with Crippen molar-refractivity contribution in [3.63, 3.8) is 0 Å². The number of methoxy groups -OCH3 is 1. The molecule has 100 valence electrons. The highest BCUT2D eigenvalue weighted by atomic mass is 16.5. The lowest BCUT2D eigenvalue weighted by molar-refractivity contribution is -0.126. The molecule has 0 aliphatic heterocycles. The van der Waals surface area contributed by atoms with E-state index in [1.165, 1.54) is 0 Å². The first-order chi connectivity index (χ1) is 7.95. The Labute approximate surface area is 106 Å². The van der Waals surface area contributed by atoms with Crippen LogP contribution in [0.2, 0.25) is 0 Å². The van der Waals surface area contributed by atoms with E-state index in [4.69, 9.17) is 4.74 Å². The number of ketones is 1. The summed E-state index contributed by atoms with van der Waals surface area (Å²) in [5.41, 5.74) is 0.353. The van der Waals surface area contributed by atoms with Crippen LogP contribution in [0.3, 0.4) is 0 Å². The highest BCUT2D eigenvalue weighted by Gasteiger charge is 2.34. The fourth-order valence-electron chi connectivity index (χ4n) is 2.82. The van der Waals surface area contributed by atoms with Gasteiger partial charge in [0, 0.05) is 26.1 Å². The fraction of sp³-hybridized carbons (Fsp3) is 0.933. The largest absolute Gasteiger partial charge is 0.385 e. The number of rotatable bonds is 5. The van der Waals surface area contributed by atoms with Gasteiger partial charge >= 0.3 is 0 Å². The molecule has 0 aromatic heterocycles. The van der Waals surface area contributed by atoms with Crippen molar-refractivity contribution >= 4 is 5.78 Å². The lowest BCUT2D eigenvalue weighted by Gasteiger charge is -2.37. The average Bonchev–Trinajstić information content (AvgIpc) is 2.25. The number of carbonyl (C=O) groups excluding carboxylic acids is 1. The van der Waals surface area contributed by atoms with Gasteiger partial charge < -0.3 is 4.74 Å². The fourth-order valence-corrected chi connectivity index (χ4v) is 2.82. The maximum absolute atomic E-state index is 11.9. The summed E-state index contributed by atoms with van der Waals surface area (Å²) in [6.45, 7) is 7.73. The van der Waals surface area contributed by atoms with Gasteiger partial charge in [0.1, 0.15) is 5.78 Å². The molecule has 1 aliphatic carbocycles. The minimum Gasteiger partial charge on any atom is -0.385 e. The molecule has 0 amide bonds. The molecule has 1 rings (SSSR count). The van der Waals surface area contributed by atoms with Crippen LogP contribution in [0.1, 0.15) is 59.3 Å². The van der Waals surface area contributed by atoms with Crippen LogP contribution < -0.4 is 0 Å². The molecule has 0 N–H and O–H groups in total. The van der Waals surface area contributed by atoms with Gasteiger partial charge in [-0.05, 0) is 37.0 Å². The van der Waals surface area contributed by atoms with Crippen molar-refractivity contribution in [1.29, 1.82) is 0 Å². The van der Waals surface area contributed by atoms with Crippen LogP contribution in [0.4, 0.5) is 0 Å². The van der Waals surface area contributed by atoms with E-state index in [1.54, 1.807) is 7.11 Å². The van der Waals surface area contributed by atoms with Gasteiger partial charge in [-0.2, -0.15) is 0 Å². The van der Waals surface area contributed by atoms with Crippen LogP contribution in [0.5, 0.6) is 0 Å². The summed E-state index contributed by atoms with van der Waals surface area (Å²) < 4.78 is 5.05. The Morgan fingerprint density at radius 2 is 2.00 bits per heavy atom. The van der Waals surface area contributed by atoms with E-state index in [0.717, 1.165) is 45.1 Å². The predicted octanol–water partition coefficient (Wildman–Crippen LogP) is 3.83. The topological polar surface area (TPSA) is 26.3 Å². The zero-order chi connectivity index (χ0) is 12.9. The van der Waals surface area contributed by atoms with Crippen molar-refractivity contribution in [1.82, 2.24) is 0 Å². The van der Waals surface area contributed by atoms with Crippen molar-refractivity contribution in [2.45, 2.75) is 59.3 Å². The Balaban J connectivity index is 2.38. The smallest absolute Gasteiger partial charge is 0.135 e. The van der Waals surface area contributed by atoms with Crippen molar-refractivity contribution in [3.05, 3.63) is 0 Å².